The highest BCUT2D eigenvalue weighted by molar-refractivity contribution is 6.00. The van der Waals surface area contributed by atoms with E-state index in [0.29, 0.717) is 54.0 Å². The zero-order chi connectivity index (χ0) is 24.9. The van der Waals surface area contributed by atoms with E-state index in [2.05, 4.69) is 35.8 Å². The highest BCUT2D eigenvalue weighted by Gasteiger charge is 2.24. The van der Waals surface area contributed by atoms with Crippen molar-refractivity contribution in [2.75, 3.05) is 23.8 Å². The van der Waals surface area contributed by atoms with E-state index in [-0.39, 0.29) is 6.61 Å². The molecule has 12 nitrogen and oxygen atoms in total. The van der Waals surface area contributed by atoms with Gasteiger partial charge in [-0.05, 0) is 31.4 Å². The Labute approximate surface area is 206 Å². The summed E-state index contributed by atoms with van der Waals surface area (Å²) in [6, 6.07) is 3.25. The number of ether oxygens (including phenoxy) is 1. The molecule has 1 aliphatic carbocycles. The van der Waals surface area contributed by atoms with E-state index in [1.54, 1.807) is 18.5 Å². The number of rotatable bonds is 9. The summed E-state index contributed by atoms with van der Waals surface area (Å²) in [6.45, 7) is 2.18. The Morgan fingerprint density at radius 1 is 1.25 bits per heavy atom. The minimum Gasteiger partial charge on any atom is -0.373 e. The largest absolute Gasteiger partial charge is 0.373 e. The van der Waals surface area contributed by atoms with Crippen LogP contribution in [0.2, 0.25) is 0 Å². The number of pyridine rings is 1. The first-order chi connectivity index (χ1) is 17.6. The first-order valence-electron chi connectivity index (χ1n) is 11.8. The normalized spacial score (nSPS) is 13.8. The molecular weight excluding hydrogens is 464 g/mol. The number of nitrogens with one attached hydrogen (secondary N) is 2. The quantitative estimate of drug-likeness (QED) is 0.265. The molecule has 36 heavy (non-hydrogen) atoms. The summed E-state index contributed by atoms with van der Waals surface area (Å²) in [7, 11) is 0. The number of anilines is 2. The van der Waals surface area contributed by atoms with Crippen molar-refractivity contribution in [3.8, 4) is 11.5 Å². The van der Waals surface area contributed by atoms with Crippen molar-refractivity contribution in [2.24, 2.45) is 0 Å². The van der Waals surface area contributed by atoms with Gasteiger partial charge in [0.25, 0.3) is 0 Å². The molecule has 5 rings (SSSR count). The maximum absolute atomic E-state index is 12.9. The van der Waals surface area contributed by atoms with Gasteiger partial charge >= 0.3 is 6.03 Å². The van der Waals surface area contributed by atoms with Crippen molar-refractivity contribution in [3.05, 3.63) is 47.9 Å². The Kier molecular flexibility index (Phi) is 6.94. The summed E-state index contributed by atoms with van der Waals surface area (Å²) in [6.07, 6.45) is 10.5. The van der Waals surface area contributed by atoms with Gasteiger partial charge in [0, 0.05) is 12.0 Å². The van der Waals surface area contributed by atoms with Crippen LogP contribution < -0.4 is 10.6 Å². The van der Waals surface area contributed by atoms with Crippen LogP contribution in [-0.2, 0) is 16.0 Å². The monoisotopic (exact) mass is 490 g/mol. The first-order valence-corrected chi connectivity index (χ1v) is 11.8. The second kappa shape index (κ2) is 10.6. The van der Waals surface area contributed by atoms with Crippen LogP contribution in [0.4, 0.5) is 16.2 Å². The molecular formula is C24H26N8O4. The molecule has 2 amide bonds. The lowest BCUT2D eigenvalue weighted by atomic mass is 10.0. The molecule has 4 aromatic rings. The third-order valence-electron chi connectivity index (χ3n) is 6.11. The van der Waals surface area contributed by atoms with Gasteiger partial charge in [-0.1, -0.05) is 18.0 Å². The average molecular weight is 491 g/mol. The van der Waals surface area contributed by atoms with Gasteiger partial charge in [-0.25, -0.2) is 14.3 Å². The zero-order valence-corrected chi connectivity index (χ0v) is 19.8. The number of carbonyl (C=O) groups is 2. The van der Waals surface area contributed by atoms with Gasteiger partial charge in [0.1, 0.15) is 18.6 Å². The minimum atomic E-state index is -0.395. The van der Waals surface area contributed by atoms with Crippen molar-refractivity contribution >= 4 is 29.3 Å². The van der Waals surface area contributed by atoms with E-state index in [1.807, 2.05) is 17.5 Å². The molecule has 0 atom stereocenters. The highest BCUT2D eigenvalue weighted by atomic mass is 16.5. The molecule has 4 aromatic heterocycles. The highest BCUT2D eigenvalue weighted by Crippen LogP contribution is 2.37. The molecule has 0 spiro atoms. The Bertz CT molecular complexity index is 1380. The van der Waals surface area contributed by atoms with Crippen LogP contribution in [0.1, 0.15) is 48.7 Å². The summed E-state index contributed by atoms with van der Waals surface area (Å²) in [5, 5.41) is 14.2. The third-order valence-corrected chi connectivity index (χ3v) is 6.11. The molecule has 2 N–H and O–H groups in total. The molecule has 186 valence electrons. The molecule has 1 fully saturated rings. The van der Waals surface area contributed by atoms with Gasteiger partial charge in [-0.2, -0.15) is 10.1 Å². The summed E-state index contributed by atoms with van der Waals surface area (Å²) in [5.74, 6) is 1.05. The second-order valence-electron chi connectivity index (χ2n) is 8.61. The van der Waals surface area contributed by atoms with E-state index in [4.69, 9.17) is 9.26 Å². The van der Waals surface area contributed by atoms with Crippen molar-refractivity contribution in [1.29, 1.82) is 0 Å². The molecule has 1 aliphatic rings. The van der Waals surface area contributed by atoms with Crippen LogP contribution in [-0.4, -0.2) is 55.3 Å². The number of fused-ring (bicyclic) bond motifs is 1. The van der Waals surface area contributed by atoms with Crippen LogP contribution in [0, 0.1) is 6.92 Å². The predicted octanol–water partition coefficient (Wildman–Crippen LogP) is 3.54. The number of amides is 2. The summed E-state index contributed by atoms with van der Waals surface area (Å²) >= 11 is 0. The SMILES string of the molecule is Cc1cc(NC(=O)Nc2cnc3ccnn3c2C2CCCC2)cnc1-c1noc(CCOCC=O)n1. The zero-order valence-electron chi connectivity index (χ0n) is 19.8. The summed E-state index contributed by atoms with van der Waals surface area (Å²) < 4.78 is 12.2. The average Bonchev–Trinajstić information content (AvgIpc) is 3.64. The molecule has 0 aliphatic heterocycles. The number of aromatic nitrogens is 6. The van der Waals surface area contributed by atoms with E-state index < -0.39 is 6.03 Å². The number of aryl methyl sites for hydroxylation is 1. The lowest BCUT2D eigenvalue weighted by Gasteiger charge is -2.17. The fraction of sp³-hybridized carbons (Fsp3) is 0.375. The van der Waals surface area contributed by atoms with Crippen LogP contribution >= 0.6 is 0 Å². The molecule has 4 heterocycles. The number of hydrogen-bond donors (Lipinski definition) is 2. The lowest BCUT2D eigenvalue weighted by Crippen LogP contribution is -2.22. The Hall–Kier alpha value is -4.19. The van der Waals surface area contributed by atoms with Gasteiger partial charge in [0.15, 0.2) is 5.65 Å². The fourth-order valence-corrected chi connectivity index (χ4v) is 4.48. The van der Waals surface area contributed by atoms with E-state index >= 15 is 0 Å². The van der Waals surface area contributed by atoms with Crippen LogP contribution in [0.5, 0.6) is 0 Å². The topological polar surface area (TPSA) is 149 Å². The van der Waals surface area contributed by atoms with E-state index in [9.17, 15) is 9.59 Å². The minimum absolute atomic E-state index is 0.0277. The number of nitrogens with zero attached hydrogens (tertiary/aromatic N) is 6. The maximum atomic E-state index is 12.9. The number of aldehydes is 1. The maximum Gasteiger partial charge on any atom is 0.323 e. The fourth-order valence-electron chi connectivity index (χ4n) is 4.48. The molecule has 0 aromatic carbocycles. The van der Waals surface area contributed by atoms with E-state index in [1.165, 1.54) is 6.20 Å². The lowest BCUT2D eigenvalue weighted by molar-refractivity contribution is -0.111. The van der Waals surface area contributed by atoms with Gasteiger partial charge in [-0.15, -0.1) is 0 Å². The first kappa shape index (κ1) is 23.5. The standard InChI is InChI=1S/C24H26N8O4/c1-15-12-17(13-26-21(15)23-30-20(36-31-23)7-10-35-11-9-33)28-24(34)29-18-14-25-19-6-8-27-32(19)22(18)16-4-2-3-5-16/h6,8-9,12-14,16H,2-5,7,10-11H2,1H3,(H2,28,29,34). The second-order valence-corrected chi connectivity index (χ2v) is 8.61. The Morgan fingerprint density at radius 2 is 2.11 bits per heavy atom. The van der Waals surface area contributed by atoms with Crippen LogP contribution in [0.15, 0.2) is 35.2 Å². The predicted molar refractivity (Wildman–Crippen MR) is 130 cm³/mol. The third kappa shape index (κ3) is 5.08. The van der Waals surface area contributed by atoms with Crippen LogP contribution in [0.25, 0.3) is 17.2 Å². The van der Waals surface area contributed by atoms with E-state index in [0.717, 1.165) is 42.6 Å². The number of urea groups is 1. The van der Waals surface area contributed by atoms with Crippen LogP contribution in [0.3, 0.4) is 0 Å². The molecule has 0 radical (unpaired) electrons. The molecule has 0 bridgehead atoms. The van der Waals surface area contributed by atoms with Crippen molar-refractivity contribution in [3.63, 3.8) is 0 Å². The Morgan fingerprint density at radius 3 is 2.92 bits per heavy atom. The van der Waals surface area contributed by atoms with Crippen molar-refractivity contribution in [2.45, 2.75) is 44.9 Å². The van der Waals surface area contributed by atoms with Gasteiger partial charge in [-0.3, -0.25) is 4.98 Å². The molecule has 0 unspecified atom stereocenters. The van der Waals surface area contributed by atoms with Gasteiger partial charge in [0.05, 0.1) is 48.7 Å². The van der Waals surface area contributed by atoms with Crippen molar-refractivity contribution in [1.82, 2.24) is 29.7 Å². The van der Waals surface area contributed by atoms with Gasteiger partial charge < -0.3 is 24.7 Å². The Balaban J connectivity index is 1.27. The number of hydrogen-bond acceptors (Lipinski definition) is 9. The van der Waals surface area contributed by atoms with Gasteiger partial charge in [0.2, 0.25) is 11.7 Å². The summed E-state index contributed by atoms with van der Waals surface area (Å²) in [4.78, 5) is 36.3. The molecule has 1 saturated carbocycles. The molecule has 0 saturated heterocycles. The smallest absolute Gasteiger partial charge is 0.323 e. The van der Waals surface area contributed by atoms with Crippen molar-refractivity contribution < 1.29 is 18.8 Å². The number of carbonyl (C=O) groups excluding carboxylic acids is 2. The molecule has 12 heteroatoms. The summed E-state index contributed by atoms with van der Waals surface area (Å²) in [5.41, 5.74) is 4.22.